The number of aliphatic hydroxyl groups is 1. The highest BCUT2D eigenvalue weighted by atomic mass is 16.6. The fraction of sp³-hybridized carbons (Fsp3) is 0.500. The van der Waals surface area contributed by atoms with Crippen molar-refractivity contribution in [3.05, 3.63) is 65.7 Å². The molecule has 0 spiro atoms. The fourth-order valence-corrected chi connectivity index (χ4v) is 4.89. The lowest BCUT2D eigenvalue weighted by molar-refractivity contribution is -0.0966. The molecule has 166 valence electrons. The average Bonchev–Trinajstić information content (AvgIpc) is 2.71. The molecule has 4 rings (SSSR count). The predicted molar refractivity (Wildman–Crippen MR) is 120 cm³/mol. The number of hydrogen-bond acceptors (Lipinski definition) is 4. The third-order valence-corrected chi connectivity index (χ3v) is 6.23. The lowest BCUT2D eigenvalue weighted by atomic mass is 9.72. The summed E-state index contributed by atoms with van der Waals surface area (Å²) in [6, 6.07) is 17.8. The van der Waals surface area contributed by atoms with E-state index in [9.17, 15) is 9.90 Å². The molecule has 5 heteroatoms. The number of hydrogen-bond donors (Lipinski definition) is 1. The average molecular weight is 424 g/mol. The molecule has 2 saturated heterocycles. The highest BCUT2D eigenvalue weighted by Crippen LogP contribution is 2.45. The maximum absolute atomic E-state index is 12.9. The molecular formula is C26H33NO4. The lowest BCUT2D eigenvalue weighted by Gasteiger charge is -2.51. The van der Waals surface area contributed by atoms with Gasteiger partial charge in [0.25, 0.3) is 0 Å². The van der Waals surface area contributed by atoms with Crippen LogP contribution in [0, 0.1) is 0 Å². The first-order valence-corrected chi connectivity index (χ1v) is 11.2. The number of ether oxygens (including phenoxy) is 2. The van der Waals surface area contributed by atoms with Gasteiger partial charge in [0.05, 0.1) is 5.60 Å². The predicted octanol–water partition coefficient (Wildman–Crippen LogP) is 5.41. The van der Waals surface area contributed by atoms with Crippen LogP contribution in [-0.4, -0.2) is 33.8 Å². The molecule has 2 bridgehead atoms. The molecule has 5 nitrogen and oxygen atoms in total. The van der Waals surface area contributed by atoms with E-state index in [1.54, 1.807) is 0 Å². The Bertz CT molecular complexity index is 891. The van der Waals surface area contributed by atoms with Crippen molar-refractivity contribution in [2.45, 2.75) is 82.8 Å². The van der Waals surface area contributed by atoms with Crippen molar-refractivity contribution in [3.8, 4) is 5.75 Å². The van der Waals surface area contributed by atoms with Crippen molar-refractivity contribution < 1.29 is 19.4 Å². The number of amides is 1. The van der Waals surface area contributed by atoms with Gasteiger partial charge in [-0.15, -0.1) is 0 Å². The molecule has 31 heavy (non-hydrogen) atoms. The molecule has 2 atom stereocenters. The topological polar surface area (TPSA) is 59.0 Å². The number of benzene rings is 2. The van der Waals surface area contributed by atoms with E-state index in [4.69, 9.17) is 9.47 Å². The molecule has 2 aliphatic heterocycles. The largest absolute Gasteiger partial charge is 0.489 e. The Kier molecular flexibility index (Phi) is 5.98. The summed E-state index contributed by atoms with van der Waals surface area (Å²) in [4.78, 5) is 14.7. The van der Waals surface area contributed by atoms with E-state index in [0.717, 1.165) is 36.1 Å². The van der Waals surface area contributed by atoms with E-state index in [2.05, 4.69) is 0 Å². The molecule has 2 fully saturated rings. The van der Waals surface area contributed by atoms with Crippen LogP contribution in [0.1, 0.15) is 64.0 Å². The van der Waals surface area contributed by atoms with Crippen LogP contribution in [0.5, 0.6) is 5.75 Å². The highest BCUT2D eigenvalue weighted by molar-refractivity contribution is 5.69. The minimum absolute atomic E-state index is 0.0127. The molecule has 0 aliphatic carbocycles. The molecule has 2 aromatic rings. The smallest absolute Gasteiger partial charge is 0.410 e. The van der Waals surface area contributed by atoms with E-state index < -0.39 is 11.2 Å². The number of fused-ring (bicyclic) bond motifs is 2. The van der Waals surface area contributed by atoms with Gasteiger partial charge in [0.15, 0.2) is 0 Å². The van der Waals surface area contributed by atoms with Gasteiger partial charge in [-0.05, 0) is 63.3 Å². The van der Waals surface area contributed by atoms with Crippen LogP contribution in [-0.2, 0) is 16.9 Å². The van der Waals surface area contributed by atoms with Crippen LogP contribution in [0.15, 0.2) is 54.6 Å². The first-order valence-electron chi connectivity index (χ1n) is 11.2. The Balaban J connectivity index is 1.49. The van der Waals surface area contributed by atoms with Gasteiger partial charge < -0.3 is 19.5 Å². The summed E-state index contributed by atoms with van der Waals surface area (Å²) in [5.74, 6) is 0.745. The Labute approximate surface area is 185 Å². The zero-order chi connectivity index (χ0) is 22.1. The van der Waals surface area contributed by atoms with E-state index in [-0.39, 0.29) is 18.2 Å². The van der Waals surface area contributed by atoms with Crippen molar-refractivity contribution in [3.63, 3.8) is 0 Å². The third-order valence-electron chi connectivity index (χ3n) is 6.23. The molecule has 2 aliphatic rings. The van der Waals surface area contributed by atoms with Crippen LogP contribution in [0.2, 0.25) is 0 Å². The maximum Gasteiger partial charge on any atom is 0.410 e. The number of carbonyl (C=O) groups excluding carboxylic acids is 1. The number of carbonyl (C=O) groups is 1. The third kappa shape index (κ3) is 5.04. The summed E-state index contributed by atoms with van der Waals surface area (Å²) in [5.41, 5.74) is 0.467. The highest BCUT2D eigenvalue weighted by Gasteiger charge is 2.49. The summed E-state index contributed by atoms with van der Waals surface area (Å²) in [6.07, 6.45) is 3.63. The molecule has 1 N–H and O–H groups in total. The molecule has 0 aromatic heterocycles. The van der Waals surface area contributed by atoms with Crippen molar-refractivity contribution in [1.82, 2.24) is 4.90 Å². The number of piperidine rings is 2. The lowest BCUT2D eigenvalue weighted by Crippen LogP contribution is -2.59. The Morgan fingerprint density at radius 3 is 2.39 bits per heavy atom. The monoisotopic (exact) mass is 423 g/mol. The van der Waals surface area contributed by atoms with Gasteiger partial charge in [-0.3, -0.25) is 0 Å². The number of rotatable bonds is 4. The van der Waals surface area contributed by atoms with Crippen LogP contribution >= 0.6 is 0 Å². The standard InChI is InChI=1S/C26H33NO4/c1-25(2,3)31-24(28)27-21-12-8-13-22(27)17-26(29,16-21)20-11-7-14-23(15-20)30-18-19-9-5-4-6-10-19/h4-7,9-11,14-15,21-22,29H,8,12-13,16-18H2,1-3H3. The fourth-order valence-electron chi connectivity index (χ4n) is 4.89. The molecular weight excluding hydrogens is 390 g/mol. The van der Waals surface area contributed by atoms with Crippen LogP contribution in [0.4, 0.5) is 4.79 Å². The Morgan fingerprint density at radius 1 is 1.06 bits per heavy atom. The number of nitrogens with zero attached hydrogens (tertiary/aromatic N) is 1. The van der Waals surface area contributed by atoms with Gasteiger partial charge in [-0.2, -0.15) is 0 Å². The summed E-state index contributed by atoms with van der Waals surface area (Å²) in [7, 11) is 0. The van der Waals surface area contributed by atoms with Crippen LogP contribution in [0.25, 0.3) is 0 Å². The molecule has 0 saturated carbocycles. The molecule has 2 aromatic carbocycles. The van der Waals surface area contributed by atoms with Gasteiger partial charge in [0.2, 0.25) is 0 Å². The summed E-state index contributed by atoms with van der Waals surface area (Å²) < 4.78 is 11.6. The summed E-state index contributed by atoms with van der Waals surface area (Å²) >= 11 is 0. The maximum atomic E-state index is 12.9. The Morgan fingerprint density at radius 2 is 1.74 bits per heavy atom. The minimum Gasteiger partial charge on any atom is -0.489 e. The quantitative estimate of drug-likeness (QED) is 0.715. The van der Waals surface area contributed by atoms with Crippen LogP contribution in [0.3, 0.4) is 0 Å². The SMILES string of the molecule is CC(C)(C)OC(=O)N1C2CCCC1CC(O)(c1cccc(OCc3ccccc3)c1)C2. The van der Waals surface area contributed by atoms with Gasteiger partial charge in [0, 0.05) is 24.9 Å². The van der Waals surface area contributed by atoms with Crippen molar-refractivity contribution in [2.24, 2.45) is 0 Å². The van der Waals surface area contributed by atoms with E-state index in [1.165, 1.54) is 0 Å². The molecule has 1 amide bonds. The van der Waals surface area contributed by atoms with Gasteiger partial charge in [-0.1, -0.05) is 42.5 Å². The first kappa shape index (κ1) is 21.7. The van der Waals surface area contributed by atoms with Gasteiger partial charge in [-0.25, -0.2) is 4.79 Å². The van der Waals surface area contributed by atoms with E-state index >= 15 is 0 Å². The zero-order valence-corrected chi connectivity index (χ0v) is 18.7. The van der Waals surface area contributed by atoms with Crippen molar-refractivity contribution >= 4 is 6.09 Å². The van der Waals surface area contributed by atoms with E-state index in [1.807, 2.05) is 80.3 Å². The van der Waals surface area contributed by atoms with Crippen molar-refractivity contribution in [1.29, 1.82) is 0 Å². The van der Waals surface area contributed by atoms with E-state index in [0.29, 0.717) is 19.4 Å². The molecule has 2 unspecified atom stereocenters. The summed E-state index contributed by atoms with van der Waals surface area (Å²) in [5, 5.41) is 11.7. The van der Waals surface area contributed by atoms with Gasteiger partial charge >= 0.3 is 6.09 Å². The van der Waals surface area contributed by atoms with Gasteiger partial charge in [0.1, 0.15) is 18.0 Å². The normalized spacial score (nSPS) is 25.7. The minimum atomic E-state index is -0.972. The zero-order valence-electron chi connectivity index (χ0n) is 18.7. The Hall–Kier alpha value is -2.53. The second kappa shape index (κ2) is 8.54. The van der Waals surface area contributed by atoms with Crippen molar-refractivity contribution in [2.75, 3.05) is 0 Å². The summed E-state index contributed by atoms with van der Waals surface area (Å²) in [6.45, 7) is 6.16. The molecule has 2 heterocycles. The first-order chi connectivity index (χ1) is 14.7. The second-order valence-electron chi connectivity index (χ2n) is 9.87. The molecule has 0 radical (unpaired) electrons. The van der Waals surface area contributed by atoms with Crippen LogP contribution < -0.4 is 4.74 Å². The second-order valence-corrected chi connectivity index (χ2v) is 9.87.